The molecule has 0 aliphatic heterocycles. The first kappa shape index (κ1) is 16.7. The van der Waals surface area contributed by atoms with E-state index in [2.05, 4.69) is 10.0 Å². The average molecular weight is 332 g/mol. The van der Waals surface area contributed by atoms with Gasteiger partial charge in [0.1, 0.15) is 5.78 Å². The first-order valence-electron chi connectivity index (χ1n) is 6.84. The lowest BCUT2D eigenvalue weighted by Crippen LogP contribution is -2.16. The molecule has 0 heterocycles. The van der Waals surface area contributed by atoms with E-state index in [4.69, 9.17) is 0 Å². The molecule has 7 heteroatoms. The van der Waals surface area contributed by atoms with Crippen molar-refractivity contribution in [2.24, 2.45) is 0 Å². The maximum atomic E-state index is 12.3. The molecule has 0 aliphatic carbocycles. The molecule has 2 rings (SSSR count). The highest BCUT2D eigenvalue weighted by molar-refractivity contribution is 7.92. The van der Waals surface area contributed by atoms with Crippen molar-refractivity contribution < 1.29 is 18.0 Å². The predicted octanol–water partition coefficient (Wildman–Crippen LogP) is 2.41. The second-order valence-electron chi connectivity index (χ2n) is 4.93. The molecule has 23 heavy (non-hydrogen) atoms. The van der Waals surface area contributed by atoms with Crippen LogP contribution in [0.5, 0.6) is 0 Å². The lowest BCUT2D eigenvalue weighted by atomic mass is 10.2. The Morgan fingerprint density at radius 1 is 0.957 bits per heavy atom. The number of para-hydroxylation sites is 1. The van der Waals surface area contributed by atoms with Crippen molar-refractivity contribution in [2.45, 2.75) is 18.2 Å². The van der Waals surface area contributed by atoms with E-state index in [1.807, 2.05) is 0 Å². The predicted molar refractivity (Wildman–Crippen MR) is 87.6 cm³/mol. The lowest BCUT2D eigenvalue weighted by Gasteiger charge is -2.10. The van der Waals surface area contributed by atoms with Gasteiger partial charge in [0, 0.05) is 11.4 Å². The minimum atomic E-state index is -3.76. The monoisotopic (exact) mass is 332 g/mol. The summed E-state index contributed by atoms with van der Waals surface area (Å²) in [7, 11) is -3.76. The molecule has 2 aromatic rings. The fourth-order valence-electron chi connectivity index (χ4n) is 1.89. The largest absolute Gasteiger partial charge is 0.326 e. The third-order valence-electron chi connectivity index (χ3n) is 2.86. The molecule has 0 saturated heterocycles. The first-order valence-corrected chi connectivity index (χ1v) is 8.32. The van der Waals surface area contributed by atoms with E-state index in [0.717, 1.165) is 0 Å². The summed E-state index contributed by atoms with van der Waals surface area (Å²) in [6.45, 7) is 1.31. The summed E-state index contributed by atoms with van der Waals surface area (Å²) in [6.07, 6.45) is -0.251. The highest BCUT2D eigenvalue weighted by Gasteiger charge is 2.15. The third kappa shape index (κ3) is 4.93. The number of sulfonamides is 1. The SMILES string of the molecule is CC(=O)CC(=O)Nc1cccc(S(=O)(=O)Nc2ccccc2)c1. The van der Waals surface area contributed by atoms with Crippen molar-refractivity contribution in [1.82, 2.24) is 0 Å². The molecule has 0 radical (unpaired) electrons. The highest BCUT2D eigenvalue weighted by Crippen LogP contribution is 2.19. The van der Waals surface area contributed by atoms with Gasteiger partial charge in [-0.05, 0) is 37.3 Å². The van der Waals surface area contributed by atoms with Gasteiger partial charge in [-0.2, -0.15) is 0 Å². The summed E-state index contributed by atoms with van der Waals surface area (Å²) in [6, 6.07) is 14.3. The van der Waals surface area contributed by atoms with Gasteiger partial charge in [-0.25, -0.2) is 8.42 Å². The number of ketones is 1. The Balaban J connectivity index is 2.18. The number of benzene rings is 2. The summed E-state index contributed by atoms with van der Waals surface area (Å²) >= 11 is 0. The van der Waals surface area contributed by atoms with Crippen LogP contribution in [0.2, 0.25) is 0 Å². The minimum absolute atomic E-state index is 0.0157. The van der Waals surface area contributed by atoms with Gasteiger partial charge in [0.2, 0.25) is 5.91 Å². The molecular weight excluding hydrogens is 316 g/mol. The van der Waals surface area contributed by atoms with E-state index in [1.54, 1.807) is 36.4 Å². The van der Waals surface area contributed by atoms with Gasteiger partial charge >= 0.3 is 0 Å². The number of hydrogen-bond acceptors (Lipinski definition) is 4. The second kappa shape index (κ2) is 7.06. The molecule has 0 unspecified atom stereocenters. The third-order valence-corrected chi connectivity index (χ3v) is 4.24. The van der Waals surface area contributed by atoms with Crippen molar-refractivity contribution >= 4 is 33.1 Å². The molecule has 0 aromatic heterocycles. The van der Waals surface area contributed by atoms with Crippen molar-refractivity contribution in [3.63, 3.8) is 0 Å². The smallest absolute Gasteiger partial charge is 0.261 e. The number of carbonyl (C=O) groups excluding carboxylic acids is 2. The zero-order valence-electron chi connectivity index (χ0n) is 12.4. The van der Waals surface area contributed by atoms with Gasteiger partial charge in [-0.3, -0.25) is 14.3 Å². The highest BCUT2D eigenvalue weighted by atomic mass is 32.2. The zero-order chi connectivity index (χ0) is 16.9. The Bertz CT molecular complexity index is 817. The summed E-state index contributed by atoms with van der Waals surface area (Å²) in [4.78, 5) is 22.5. The van der Waals surface area contributed by atoms with E-state index >= 15 is 0 Å². The molecule has 2 aromatic carbocycles. The van der Waals surface area contributed by atoms with Crippen LogP contribution in [0.25, 0.3) is 0 Å². The van der Waals surface area contributed by atoms with Crippen LogP contribution in [0.15, 0.2) is 59.5 Å². The van der Waals surface area contributed by atoms with Gasteiger partial charge in [0.25, 0.3) is 10.0 Å². The van der Waals surface area contributed by atoms with E-state index < -0.39 is 15.9 Å². The minimum Gasteiger partial charge on any atom is -0.326 e. The van der Waals surface area contributed by atoms with E-state index in [1.165, 1.54) is 25.1 Å². The van der Waals surface area contributed by atoms with Crippen LogP contribution < -0.4 is 10.0 Å². The molecule has 0 atom stereocenters. The van der Waals surface area contributed by atoms with Crippen LogP contribution in [-0.2, 0) is 19.6 Å². The van der Waals surface area contributed by atoms with Crippen LogP contribution >= 0.6 is 0 Å². The van der Waals surface area contributed by atoms with Crippen molar-refractivity contribution in [2.75, 3.05) is 10.0 Å². The van der Waals surface area contributed by atoms with E-state index in [0.29, 0.717) is 11.4 Å². The van der Waals surface area contributed by atoms with Gasteiger partial charge in [-0.15, -0.1) is 0 Å². The van der Waals surface area contributed by atoms with Crippen molar-refractivity contribution in [1.29, 1.82) is 0 Å². The first-order chi connectivity index (χ1) is 10.9. The molecule has 6 nitrogen and oxygen atoms in total. The maximum Gasteiger partial charge on any atom is 0.261 e. The number of carbonyl (C=O) groups is 2. The second-order valence-corrected chi connectivity index (χ2v) is 6.61. The topological polar surface area (TPSA) is 92.3 Å². The number of anilines is 2. The van der Waals surface area contributed by atoms with Gasteiger partial charge in [-0.1, -0.05) is 24.3 Å². The standard InChI is InChI=1S/C16H16N2O4S/c1-12(19)10-16(20)17-14-8-5-9-15(11-14)23(21,22)18-13-6-3-2-4-7-13/h2-9,11,18H,10H2,1H3,(H,17,20). The summed E-state index contributed by atoms with van der Waals surface area (Å²) in [5, 5.41) is 2.50. The number of Topliss-reactive ketones (excluding diaryl/α,β-unsaturated/α-hetero) is 1. The molecule has 0 saturated carbocycles. The molecule has 0 fully saturated rings. The molecule has 0 aliphatic rings. The van der Waals surface area contributed by atoms with Gasteiger partial charge in [0.05, 0.1) is 11.3 Å². The quantitative estimate of drug-likeness (QED) is 0.795. The molecule has 0 bridgehead atoms. The molecular formula is C16H16N2O4S. The van der Waals surface area contributed by atoms with Crippen LogP contribution in [-0.4, -0.2) is 20.1 Å². The Labute approximate surface area is 134 Å². The maximum absolute atomic E-state index is 12.3. The fourth-order valence-corrected chi connectivity index (χ4v) is 3.00. The Morgan fingerprint density at radius 3 is 2.26 bits per heavy atom. The number of amides is 1. The van der Waals surface area contributed by atoms with E-state index in [9.17, 15) is 18.0 Å². The van der Waals surface area contributed by atoms with Gasteiger partial charge < -0.3 is 5.32 Å². The summed E-state index contributed by atoms with van der Waals surface area (Å²) < 4.78 is 27.1. The lowest BCUT2D eigenvalue weighted by molar-refractivity contribution is -0.124. The van der Waals surface area contributed by atoms with E-state index in [-0.39, 0.29) is 17.1 Å². The van der Waals surface area contributed by atoms with Crippen molar-refractivity contribution in [3.8, 4) is 0 Å². The average Bonchev–Trinajstić information content (AvgIpc) is 2.47. The Morgan fingerprint density at radius 2 is 1.61 bits per heavy atom. The van der Waals surface area contributed by atoms with Crippen molar-refractivity contribution in [3.05, 3.63) is 54.6 Å². The molecule has 120 valence electrons. The van der Waals surface area contributed by atoms with Crippen LogP contribution in [0.4, 0.5) is 11.4 Å². The van der Waals surface area contributed by atoms with Crippen LogP contribution in [0.3, 0.4) is 0 Å². The molecule has 2 N–H and O–H groups in total. The normalized spacial score (nSPS) is 10.8. The van der Waals surface area contributed by atoms with Crippen LogP contribution in [0.1, 0.15) is 13.3 Å². The van der Waals surface area contributed by atoms with Crippen LogP contribution in [0, 0.1) is 0 Å². The summed E-state index contributed by atoms with van der Waals surface area (Å²) in [5.41, 5.74) is 0.755. The summed E-state index contributed by atoms with van der Waals surface area (Å²) in [5.74, 6) is -0.750. The zero-order valence-corrected chi connectivity index (χ0v) is 13.3. The Kier molecular flexibility index (Phi) is 5.13. The Hall–Kier alpha value is -2.67. The van der Waals surface area contributed by atoms with Gasteiger partial charge in [0.15, 0.2) is 0 Å². The number of hydrogen-bond donors (Lipinski definition) is 2. The molecule has 1 amide bonds. The number of rotatable bonds is 6. The number of nitrogens with one attached hydrogen (secondary N) is 2. The fraction of sp³-hybridized carbons (Fsp3) is 0.125. The molecule has 0 spiro atoms.